The van der Waals surface area contributed by atoms with E-state index in [0.717, 1.165) is 0 Å². The van der Waals surface area contributed by atoms with Gasteiger partial charge in [0.25, 0.3) is 0 Å². The summed E-state index contributed by atoms with van der Waals surface area (Å²) in [4.78, 5) is 54.1. The number of carbonyl (C=O) groups is 4. The summed E-state index contributed by atoms with van der Waals surface area (Å²) in [6, 6.07) is 22.3. The molecule has 2 heterocycles. The lowest BCUT2D eigenvalue weighted by molar-refractivity contribution is -0.298. The Morgan fingerprint density at radius 1 is 0.881 bits per heavy atom. The summed E-state index contributed by atoms with van der Waals surface area (Å²) in [6.45, 7) is 5.21. The second kappa shape index (κ2) is 22.6. The van der Waals surface area contributed by atoms with Crippen LogP contribution in [0.15, 0.2) is 103 Å². The normalized spacial score (nSPS) is 26.1. The summed E-state index contributed by atoms with van der Waals surface area (Å²) in [5.74, 6) is -4.38. The number of fused-ring (bicyclic) bond motifs is 1. The van der Waals surface area contributed by atoms with E-state index in [2.05, 4.69) is 10.6 Å². The SMILES string of the molecule is CC(O)C(NC(=O)C1=CC2OC(c3ccccc3)(c3ccccc3)OC2C(OC(=O)c2cccc(C=CCOC3OC(CO)C(O)C(O)C3O)c2)C1)C(=O)NC(CO)CCC(=O)OC(C)(C)C. The van der Waals surface area contributed by atoms with E-state index in [9.17, 15) is 49.8 Å². The Morgan fingerprint density at radius 2 is 1.55 bits per heavy atom. The third kappa shape index (κ3) is 12.8. The second-order valence-corrected chi connectivity index (χ2v) is 17.6. The van der Waals surface area contributed by atoms with Crippen molar-refractivity contribution in [2.45, 2.75) is 126 Å². The lowest BCUT2D eigenvalue weighted by atomic mass is 9.91. The van der Waals surface area contributed by atoms with Crippen molar-refractivity contribution in [3.05, 3.63) is 125 Å². The first-order chi connectivity index (χ1) is 31.9. The first-order valence-electron chi connectivity index (χ1n) is 22.1. The summed E-state index contributed by atoms with van der Waals surface area (Å²) >= 11 is 0. The zero-order valence-electron chi connectivity index (χ0n) is 37.7. The minimum atomic E-state index is -1.60. The van der Waals surface area contributed by atoms with Gasteiger partial charge in [0.1, 0.15) is 54.4 Å². The van der Waals surface area contributed by atoms with Gasteiger partial charge in [-0.3, -0.25) is 14.4 Å². The highest BCUT2D eigenvalue weighted by Gasteiger charge is 2.55. The van der Waals surface area contributed by atoms with Gasteiger partial charge in [-0.2, -0.15) is 0 Å². The van der Waals surface area contributed by atoms with E-state index < -0.39 is 116 Å². The fourth-order valence-electron chi connectivity index (χ4n) is 7.93. The van der Waals surface area contributed by atoms with Crippen molar-refractivity contribution in [2.75, 3.05) is 19.8 Å². The molecule has 0 saturated carbocycles. The van der Waals surface area contributed by atoms with Gasteiger partial charge in [0.05, 0.1) is 37.5 Å². The maximum atomic E-state index is 14.2. The molecule has 3 aromatic carbocycles. The van der Waals surface area contributed by atoms with Crippen LogP contribution in [0.5, 0.6) is 0 Å². The maximum absolute atomic E-state index is 14.2. The Morgan fingerprint density at radius 3 is 2.16 bits per heavy atom. The molecule has 0 radical (unpaired) electrons. The number of aliphatic hydroxyl groups excluding tert-OH is 6. The van der Waals surface area contributed by atoms with Crippen molar-refractivity contribution in [3.63, 3.8) is 0 Å². The van der Waals surface area contributed by atoms with Crippen molar-refractivity contribution in [2.24, 2.45) is 0 Å². The first-order valence-corrected chi connectivity index (χ1v) is 22.1. The zero-order chi connectivity index (χ0) is 48.5. The molecule has 0 spiro atoms. The average molecular weight is 933 g/mol. The summed E-state index contributed by atoms with van der Waals surface area (Å²) in [6.07, 6.45) is -7.16. The van der Waals surface area contributed by atoms with Crippen LogP contribution in [0.2, 0.25) is 0 Å². The molecule has 18 heteroatoms. The van der Waals surface area contributed by atoms with Crippen LogP contribution in [0.25, 0.3) is 6.08 Å². The molecule has 11 unspecified atom stereocenters. The molecule has 0 bridgehead atoms. The summed E-state index contributed by atoms with van der Waals surface area (Å²) in [5, 5.41) is 65.8. The summed E-state index contributed by atoms with van der Waals surface area (Å²) in [5.41, 5.74) is 1.29. The van der Waals surface area contributed by atoms with E-state index in [4.69, 9.17) is 28.4 Å². The van der Waals surface area contributed by atoms with Crippen molar-refractivity contribution in [3.8, 4) is 0 Å². The fraction of sp³-hybridized carbons (Fsp3) is 0.469. The van der Waals surface area contributed by atoms with Gasteiger partial charge in [0.2, 0.25) is 17.6 Å². The molecule has 6 rings (SSSR count). The van der Waals surface area contributed by atoms with E-state index >= 15 is 0 Å². The minimum Gasteiger partial charge on any atom is -0.460 e. The standard InChI is InChI=1S/C49H60N2O16/c1-28(54)39(45(60)50-34(26-52)20-21-38(55)66-48(2,3)4)51-44(59)31-24-35(43-36(25-31)65-49(67-43,32-16-7-5-8-17-32)33-18-9-6-10-19-33)63-46(61)30-15-11-13-29(23-30)14-12-22-62-47-42(58)41(57)40(56)37(27-53)64-47/h5-19,23,25,28,34-37,39-43,47,52-54,56-58H,20-22,24,26-27H2,1-4H3,(H,50,60)(H,51,59). The van der Waals surface area contributed by atoms with Gasteiger partial charge in [0, 0.05) is 29.5 Å². The van der Waals surface area contributed by atoms with Crippen LogP contribution >= 0.6 is 0 Å². The van der Waals surface area contributed by atoms with Crippen molar-refractivity contribution in [1.29, 1.82) is 0 Å². The van der Waals surface area contributed by atoms with Crippen LogP contribution in [0.3, 0.4) is 0 Å². The number of carbonyl (C=O) groups excluding carboxylic acids is 4. The zero-order valence-corrected chi connectivity index (χ0v) is 37.7. The molecule has 3 aliphatic rings. The van der Waals surface area contributed by atoms with Crippen molar-refractivity contribution >= 4 is 29.8 Å². The smallest absolute Gasteiger partial charge is 0.338 e. The Kier molecular flexibility index (Phi) is 17.2. The highest BCUT2D eigenvalue weighted by molar-refractivity contribution is 5.98. The lowest BCUT2D eigenvalue weighted by Crippen LogP contribution is -2.59. The Hall–Kier alpha value is -5.38. The number of amides is 2. The third-order valence-corrected chi connectivity index (χ3v) is 11.3. The Balaban J connectivity index is 1.21. The van der Waals surface area contributed by atoms with Gasteiger partial charge in [-0.15, -0.1) is 0 Å². The molecule has 2 amide bonds. The largest absolute Gasteiger partial charge is 0.460 e. The second-order valence-electron chi connectivity index (χ2n) is 17.6. The van der Waals surface area contributed by atoms with Gasteiger partial charge < -0.3 is 69.7 Å². The van der Waals surface area contributed by atoms with Gasteiger partial charge in [0.15, 0.2) is 6.29 Å². The molecule has 2 saturated heterocycles. The van der Waals surface area contributed by atoms with E-state index in [0.29, 0.717) is 16.7 Å². The third-order valence-electron chi connectivity index (χ3n) is 11.3. The Bertz CT molecular complexity index is 2170. The number of ether oxygens (including phenoxy) is 6. The topological polar surface area (TPSA) is 269 Å². The number of hydrogen-bond donors (Lipinski definition) is 8. The van der Waals surface area contributed by atoms with E-state index in [1.807, 2.05) is 60.7 Å². The predicted molar refractivity (Wildman–Crippen MR) is 238 cm³/mol. The van der Waals surface area contributed by atoms with Crippen molar-refractivity contribution in [1.82, 2.24) is 10.6 Å². The average Bonchev–Trinajstić information content (AvgIpc) is 3.72. The molecule has 8 N–H and O–H groups in total. The van der Waals surface area contributed by atoms with E-state index in [1.165, 1.54) is 13.0 Å². The molecule has 67 heavy (non-hydrogen) atoms. The number of benzene rings is 3. The molecule has 0 aromatic heterocycles. The molecule has 362 valence electrons. The molecule has 2 fully saturated rings. The molecule has 3 aromatic rings. The molecule has 11 atom stereocenters. The van der Waals surface area contributed by atoms with E-state index in [1.54, 1.807) is 57.2 Å². The monoisotopic (exact) mass is 932 g/mol. The van der Waals surface area contributed by atoms with Crippen LogP contribution in [0, 0.1) is 0 Å². The van der Waals surface area contributed by atoms with Gasteiger partial charge in [-0.05, 0) is 57.9 Å². The number of esters is 2. The molecule has 18 nitrogen and oxygen atoms in total. The van der Waals surface area contributed by atoms with Gasteiger partial charge in [-0.1, -0.05) is 84.9 Å². The van der Waals surface area contributed by atoms with Crippen LogP contribution in [0.4, 0.5) is 0 Å². The molecular formula is C49H60N2O16. The number of nitrogens with one attached hydrogen (secondary N) is 2. The van der Waals surface area contributed by atoms with Crippen molar-refractivity contribution < 1.29 is 78.2 Å². The van der Waals surface area contributed by atoms with E-state index in [-0.39, 0.29) is 37.0 Å². The molecular weight excluding hydrogens is 873 g/mol. The summed E-state index contributed by atoms with van der Waals surface area (Å²) < 4.78 is 36.0. The number of rotatable bonds is 18. The molecule has 2 aliphatic heterocycles. The fourth-order valence-corrected chi connectivity index (χ4v) is 7.93. The molecule has 1 aliphatic carbocycles. The summed E-state index contributed by atoms with van der Waals surface area (Å²) in [7, 11) is 0. The van der Waals surface area contributed by atoms with Crippen LogP contribution < -0.4 is 10.6 Å². The van der Waals surface area contributed by atoms with Crippen LogP contribution in [0.1, 0.15) is 74.0 Å². The van der Waals surface area contributed by atoms with Gasteiger partial charge >= 0.3 is 11.9 Å². The number of aliphatic hydroxyl groups is 6. The quantitative estimate of drug-likeness (QED) is 0.0841. The first kappa shape index (κ1) is 51.0. The highest BCUT2D eigenvalue weighted by atomic mass is 16.8. The minimum absolute atomic E-state index is 0.0277. The van der Waals surface area contributed by atoms with Crippen LogP contribution in [-0.2, 0) is 48.6 Å². The lowest BCUT2D eigenvalue weighted by Gasteiger charge is -2.39. The highest BCUT2D eigenvalue weighted by Crippen LogP contribution is 2.47. The Labute approximate surface area is 388 Å². The predicted octanol–water partition coefficient (Wildman–Crippen LogP) is 1.52. The van der Waals surface area contributed by atoms with Crippen LogP contribution in [-0.4, -0.2) is 147 Å². The number of hydrogen-bond acceptors (Lipinski definition) is 16. The maximum Gasteiger partial charge on any atom is 0.338 e. The van der Waals surface area contributed by atoms with Gasteiger partial charge in [-0.25, -0.2) is 4.79 Å².